The summed E-state index contributed by atoms with van der Waals surface area (Å²) in [5, 5.41) is 34.9. The molecule has 8 heteroatoms. The first-order valence-electron chi connectivity index (χ1n) is 14.1. The van der Waals surface area contributed by atoms with Crippen LogP contribution >= 0.6 is 0 Å². The second-order valence-corrected chi connectivity index (χ2v) is 9.61. The van der Waals surface area contributed by atoms with Gasteiger partial charge < -0.3 is 41.3 Å². The monoisotopic (exact) mass is 534 g/mol. The minimum absolute atomic E-state index is 0.0206. The van der Waals surface area contributed by atoms with Gasteiger partial charge in [0.2, 0.25) is 0 Å². The van der Waals surface area contributed by atoms with Gasteiger partial charge in [0, 0.05) is 54.5 Å². The number of nitrogens with one attached hydrogen (secondary N) is 4. The molecule has 3 aromatic carbocycles. The Morgan fingerprint density at radius 2 is 0.897 bits per heavy atom. The zero-order valence-corrected chi connectivity index (χ0v) is 24.1. The van der Waals surface area contributed by atoms with Crippen LogP contribution in [0, 0.1) is 6.92 Å². The molecule has 8 nitrogen and oxygen atoms in total. The highest BCUT2D eigenvalue weighted by molar-refractivity contribution is 5.80. The van der Waals surface area contributed by atoms with Gasteiger partial charge >= 0.3 is 0 Å². The Balaban J connectivity index is 1.63. The maximum atomic E-state index is 10.7. The first kappa shape index (κ1) is 29.9. The van der Waals surface area contributed by atoms with Crippen molar-refractivity contribution in [3.63, 3.8) is 0 Å². The highest BCUT2D eigenvalue weighted by Crippen LogP contribution is 2.42. The summed E-state index contributed by atoms with van der Waals surface area (Å²) < 4.78 is 0. The van der Waals surface area contributed by atoms with Crippen LogP contribution in [0.5, 0.6) is 11.5 Å². The summed E-state index contributed by atoms with van der Waals surface area (Å²) in [5.41, 5.74) is 5.23. The van der Waals surface area contributed by atoms with Gasteiger partial charge in [-0.3, -0.25) is 0 Å². The Morgan fingerprint density at radius 1 is 0.564 bits per heavy atom. The molecule has 0 spiro atoms. The lowest BCUT2D eigenvalue weighted by Crippen LogP contribution is -2.28. The zero-order chi connectivity index (χ0) is 28.2. The van der Waals surface area contributed by atoms with Crippen molar-refractivity contribution < 1.29 is 10.2 Å². The Labute approximate surface area is 234 Å². The summed E-state index contributed by atoms with van der Waals surface area (Å²) >= 11 is 0. The Bertz CT molecular complexity index is 1060. The molecule has 0 aromatic heterocycles. The van der Waals surface area contributed by atoms with Gasteiger partial charge in [0.25, 0.3) is 0 Å². The summed E-state index contributed by atoms with van der Waals surface area (Å²) in [6.45, 7) is 18.4. The molecule has 0 radical (unpaired) electrons. The maximum absolute atomic E-state index is 10.7. The summed E-state index contributed by atoms with van der Waals surface area (Å²) in [7, 11) is 0. The fourth-order valence-electron chi connectivity index (χ4n) is 4.44. The van der Waals surface area contributed by atoms with Crippen molar-refractivity contribution in [2.75, 3.05) is 73.6 Å². The maximum Gasteiger partial charge on any atom is 0.145 e. The van der Waals surface area contributed by atoms with Crippen molar-refractivity contribution in [1.29, 1.82) is 0 Å². The van der Waals surface area contributed by atoms with Crippen LogP contribution in [0.1, 0.15) is 33.3 Å². The highest BCUT2D eigenvalue weighted by Gasteiger charge is 2.15. The fraction of sp³-hybridized carbons (Fsp3) is 0.419. The Hall–Kier alpha value is -3.62. The van der Waals surface area contributed by atoms with Gasteiger partial charge in [-0.15, -0.1) is 0 Å². The van der Waals surface area contributed by atoms with Gasteiger partial charge in [-0.2, -0.15) is 0 Å². The topological polar surface area (TPSA) is 95.1 Å². The molecule has 0 saturated carbocycles. The van der Waals surface area contributed by atoms with Crippen LogP contribution in [0.3, 0.4) is 0 Å². The van der Waals surface area contributed by atoms with Crippen LogP contribution < -0.4 is 21.3 Å². The SMILES string of the molecule is CCN(CC)CCNc1ccc(Nc2cc(Nc3ccc(NCCN(CC)CC)cc3)c(O)c(C)c2O)cc1. The van der Waals surface area contributed by atoms with E-state index in [-0.39, 0.29) is 11.5 Å². The number of likely N-dealkylation sites (N-methyl/N-ethyl adjacent to an activating group) is 2. The van der Waals surface area contributed by atoms with Crippen molar-refractivity contribution in [3.8, 4) is 11.5 Å². The summed E-state index contributed by atoms with van der Waals surface area (Å²) in [5.74, 6) is 0.0412. The first-order valence-corrected chi connectivity index (χ1v) is 14.1. The number of anilines is 6. The Morgan fingerprint density at radius 3 is 1.23 bits per heavy atom. The van der Waals surface area contributed by atoms with Crippen molar-refractivity contribution >= 4 is 34.1 Å². The van der Waals surface area contributed by atoms with Gasteiger partial charge in [0.15, 0.2) is 0 Å². The number of benzene rings is 3. The molecule has 212 valence electrons. The predicted molar refractivity (Wildman–Crippen MR) is 167 cm³/mol. The minimum atomic E-state index is 0.0206. The number of hydrogen-bond acceptors (Lipinski definition) is 8. The molecule has 0 heterocycles. The smallest absolute Gasteiger partial charge is 0.145 e. The number of nitrogens with zero attached hydrogens (tertiary/aromatic N) is 2. The Kier molecular flexibility index (Phi) is 11.6. The van der Waals surface area contributed by atoms with E-state index >= 15 is 0 Å². The lowest BCUT2D eigenvalue weighted by atomic mass is 10.1. The van der Waals surface area contributed by atoms with E-state index < -0.39 is 0 Å². The van der Waals surface area contributed by atoms with Crippen LogP contribution in [-0.2, 0) is 0 Å². The molecule has 3 aromatic rings. The first-order chi connectivity index (χ1) is 18.9. The van der Waals surface area contributed by atoms with Gasteiger partial charge in [-0.05, 0) is 87.7 Å². The zero-order valence-electron chi connectivity index (χ0n) is 24.1. The molecular weight excluding hydrogens is 488 g/mol. The number of rotatable bonds is 16. The molecule has 0 aliphatic rings. The standard InChI is InChI=1S/C31H46N6O2/c1-6-36(7-2)20-18-32-24-10-14-26(15-11-24)34-28-22-29(31(39)23(5)30(28)38)35-27-16-12-25(13-17-27)33-19-21-37(8-3)9-4/h10-17,22,32-35,38-39H,6-9,18-21H2,1-5H3. The van der Waals surface area contributed by atoms with Crippen LogP contribution in [0.4, 0.5) is 34.1 Å². The molecule has 0 aliphatic carbocycles. The third kappa shape index (κ3) is 8.70. The quantitative estimate of drug-likeness (QED) is 0.0928. The molecule has 39 heavy (non-hydrogen) atoms. The van der Waals surface area contributed by atoms with Gasteiger partial charge in [0.1, 0.15) is 11.5 Å². The van der Waals surface area contributed by atoms with E-state index in [4.69, 9.17) is 0 Å². The van der Waals surface area contributed by atoms with E-state index in [0.717, 1.165) is 75.1 Å². The molecule has 0 unspecified atom stereocenters. The second kappa shape index (κ2) is 15.1. The van der Waals surface area contributed by atoms with Gasteiger partial charge in [0.05, 0.1) is 11.4 Å². The van der Waals surface area contributed by atoms with Crippen LogP contribution in [-0.4, -0.2) is 72.4 Å². The van der Waals surface area contributed by atoms with Crippen molar-refractivity contribution in [3.05, 3.63) is 60.2 Å². The van der Waals surface area contributed by atoms with Crippen LogP contribution in [0.15, 0.2) is 54.6 Å². The van der Waals surface area contributed by atoms with E-state index in [9.17, 15) is 10.2 Å². The van der Waals surface area contributed by atoms with Crippen molar-refractivity contribution in [1.82, 2.24) is 9.80 Å². The summed E-state index contributed by atoms with van der Waals surface area (Å²) in [6.07, 6.45) is 0. The van der Waals surface area contributed by atoms with Gasteiger partial charge in [-0.1, -0.05) is 27.7 Å². The number of phenolic OH excluding ortho intramolecular Hbond substituents is 2. The second-order valence-electron chi connectivity index (χ2n) is 9.61. The third-order valence-electron chi connectivity index (χ3n) is 7.14. The van der Waals surface area contributed by atoms with E-state index in [1.165, 1.54) is 0 Å². The average molecular weight is 535 g/mol. The molecule has 0 amide bonds. The molecule has 6 N–H and O–H groups in total. The lowest BCUT2D eigenvalue weighted by Gasteiger charge is -2.19. The average Bonchev–Trinajstić information content (AvgIpc) is 2.96. The molecule has 0 aliphatic heterocycles. The third-order valence-corrected chi connectivity index (χ3v) is 7.14. The molecular formula is C31H46N6O2. The van der Waals surface area contributed by atoms with Crippen molar-refractivity contribution in [2.24, 2.45) is 0 Å². The largest absolute Gasteiger partial charge is 0.505 e. The lowest BCUT2D eigenvalue weighted by molar-refractivity contribution is 0.316. The molecule has 0 bridgehead atoms. The van der Waals surface area contributed by atoms with Gasteiger partial charge in [-0.25, -0.2) is 0 Å². The molecule has 0 saturated heterocycles. The summed E-state index contributed by atoms with van der Waals surface area (Å²) in [6, 6.07) is 17.7. The molecule has 0 fully saturated rings. The fourth-order valence-corrected chi connectivity index (χ4v) is 4.44. The van der Waals surface area contributed by atoms with E-state index in [2.05, 4.69) is 58.8 Å². The van der Waals surface area contributed by atoms with E-state index in [0.29, 0.717) is 16.9 Å². The number of hydrogen-bond donors (Lipinski definition) is 6. The predicted octanol–water partition coefficient (Wildman–Crippen LogP) is 6.40. The molecule has 3 rings (SSSR count). The number of aromatic hydroxyl groups is 2. The summed E-state index contributed by atoms with van der Waals surface area (Å²) in [4.78, 5) is 4.76. The van der Waals surface area contributed by atoms with Crippen LogP contribution in [0.2, 0.25) is 0 Å². The van der Waals surface area contributed by atoms with Crippen LogP contribution in [0.25, 0.3) is 0 Å². The minimum Gasteiger partial charge on any atom is -0.505 e. The highest BCUT2D eigenvalue weighted by atomic mass is 16.3. The van der Waals surface area contributed by atoms with Crippen molar-refractivity contribution in [2.45, 2.75) is 34.6 Å². The number of phenols is 2. The normalized spacial score (nSPS) is 11.2. The van der Waals surface area contributed by atoms with E-state index in [1.54, 1.807) is 13.0 Å². The molecule has 0 atom stereocenters. The van der Waals surface area contributed by atoms with E-state index in [1.807, 2.05) is 48.5 Å².